The van der Waals surface area contributed by atoms with E-state index in [0.29, 0.717) is 6.54 Å². The van der Waals surface area contributed by atoms with Crippen LogP contribution in [0, 0.1) is 27.7 Å². The molecular formula is C17H27NO3. The Balaban J connectivity index is 3.19. The van der Waals surface area contributed by atoms with Crippen LogP contribution in [0.2, 0.25) is 0 Å². The average molecular weight is 293 g/mol. The van der Waals surface area contributed by atoms with E-state index >= 15 is 0 Å². The molecule has 0 fully saturated rings. The minimum Gasteiger partial charge on any atom is -0.481 e. The molecule has 0 aliphatic heterocycles. The van der Waals surface area contributed by atoms with Gasteiger partial charge in [0.25, 0.3) is 0 Å². The van der Waals surface area contributed by atoms with Gasteiger partial charge in [-0.05, 0) is 68.5 Å². The maximum absolute atomic E-state index is 11.1. The fourth-order valence-corrected chi connectivity index (χ4v) is 2.71. The minimum atomic E-state index is -0.901. The quantitative estimate of drug-likeness (QED) is 0.723. The first-order valence-corrected chi connectivity index (χ1v) is 7.50. The lowest BCUT2D eigenvalue weighted by molar-refractivity contribution is -0.138. The molecule has 0 saturated carbocycles. The number of aliphatic hydroxyl groups excluding tert-OH is 1. The Morgan fingerprint density at radius 3 is 2.14 bits per heavy atom. The van der Waals surface area contributed by atoms with Crippen molar-refractivity contribution < 1.29 is 15.0 Å². The topological polar surface area (TPSA) is 69.6 Å². The molecule has 0 bridgehead atoms. The number of hydrogen-bond acceptors (Lipinski definition) is 3. The van der Waals surface area contributed by atoms with E-state index in [1.165, 1.54) is 0 Å². The van der Waals surface area contributed by atoms with Gasteiger partial charge in [-0.3, -0.25) is 4.79 Å². The van der Waals surface area contributed by atoms with E-state index in [4.69, 9.17) is 5.11 Å². The van der Waals surface area contributed by atoms with Crippen molar-refractivity contribution in [2.45, 2.75) is 59.6 Å². The number of aliphatic carboxylic acids is 1. The number of carbonyl (C=O) groups is 1. The molecule has 0 aromatic heterocycles. The molecule has 0 heterocycles. The molecule has 4 heteroatoms. The van der Waals surface area contributed by atoms with Crippen LogP contribution in [0.3, 0.4) is 0 Å². The highest BCUT2D eigenvalue weighted by Crippen LogP contribution is 2.30. The summed E-state index contributed by atoms with van der Waals surface area (Å²) >= 11 is 0. The van der Waals surface area contributed by atoms with E-state index < -0.39 is 18.1 Å². The zero-order valence-electron chi connectivity index (χ0n) is 13.7. The lowest BCUT2D eigenvalue weighted by Gasteiger charge is -2.27. The predicted octanol–water partition coefficient (Wildman–Crippen LogP) is 2.80. The summed E-state index contributed by atoms with van der Waals surface area (Å²) in [4.78, 5) is 11.1. The van der Waals surface area contributed by atoms with Crippen LogP contribution in [-0.2, 0) is 4.79 Å². The molecule has 0 aliphatic carbocycles. The Hall–Kier alpha value is -1.39. The molecule has 1 aromatic rings. The summed E-state index contributed by atoms with van der Waals surface area (Å²) in [5, 5.41) is 23.0. The predicted molar refractivity (Wildman–Crippen MR) is 84.7 cm³/mol. The third-order valence-electron chi connectivity index (χ3n) is 4.15. The molecule has 118 valence electrons. The fraction of sp³-hybridized carbons (Fsp3) is 0.588. The number of carboxylic acid groups (broad SMARTS) is 1. The Bertz CT molecular complexity index is 485. The van der Waals surface area contributed by atoms with Crippen LogP contribution < -0.4 is 5.32 Å². The van der Waals surface area contributed by atoms with E-state index in [2.05, 4.69) is 11.4 Å². The van der Waals surface area contributed by atoms with Crippen molar-refractivity contribution in [3.8, 4) is 0 Å². The molecule has 0 aliphatic rings. The van der Waals surface area contributed by atoms with E-state index in [0.717, 1.165) is 34.2 Å². The van der Waals surface area contributed by atoms with Crippen LogP contribution in [-0.4, -0.2) is 28.8 Å². The lowest BCUT2D eigenvalue weighted by atomic mass is 9.87. The number of hydrogen-bond donors (Lipinski definition) is 3. The van der Waals surface area contributed by atoms with Crippen LogP contribution in [0.25, 0.3) is 0 Å². The van der Waals surface area contributed by atoms with Crippen LogP contribution in [0.1, 0.15) is 53.7 Å². The number of rotatable bonds is 7. The van der Waals surface area contributed by atoms with Gasteiger partial charge in [-0.2, -0.15) is 0 Å². The van der Waals surface area contributed by atoms with E-state index in [1.807, 2.05) is 34.6 Å². The van der Waals surface area contributed by atoms with Crippen LogP contribution in [0.15, 0.2) is 6.07 Å². The first kappa shape index (κ1) is 17.7. The Labute approximate surface area is 127 Å². The highest BCUT2D eigenvalue weighted by Gasteiger charge is 2.26. The first-order chi connectivity index (χ1) is 9.79. The summed E-state index contributed by atoms with van der Waals surface area (Å²) in [5.74, 6) is -0.901. The smallest absolute Gasteiger partial charge is 0.305 e. The maximum atomic E-state index is 11.1. The highest BCUT2D eigenvalue weighted by atomic mass is 16.4. The van der Waals surface area contributed by atoms with Gasteiger partial charge < -0.3 is 15.5 Å². The third kappa shape index (κ3) is 4.29. The van der Waals surface area contributed by atoms with Gasteiger partial charge in [0.05, 0.1) is 12.5 Å². The maximum Gasteiger partial charge on any atom is 0.305 e. The fourth-order valence-electron chi connectivity index (χ4n) is 2.71. The highest BCUT2D eigenvalue weighted by molar-refractivity contribution is 5.67. The van der Waals surface area contributed by atoms with Crippen molar-refractivity contribution in [3.63, 3.8) is 0 Å². The number of aryl methyl sites for hydroxylation is 2. The van der Waals surface area contributed by atoms with E-state index in [-0.39, 0.29) is 6.42 Å². The molecule has 1 aromatic carbocycles. The van der Waals surface area contributed by atoms with Gasteiger partial charge in [0.2, 0.25) is 0 Å². The summed E-state index contributed by atoms with van der Waals surface area (Å²) in [5.41, 5.74) is 5.19. The Morgan fingerprint density at radius 2 is 1.71 bits per heavy atom. The van der Waals surface area contributed by atoms with Gasteiger partial charge in [-0.25, -0.2) is 0 Å². The summed E-state index contributed by atoms with van der Waals surface area (Å²) in [6.45, 7) is 10.7. The van der Waals surface area contributed by atoms with Crippen molar-refractivity contribution in [1.29, 1.82) is 0 Å². The Kier molecular flexibility index (Phi) is 6.37. The van der Waals surface area contributed by atoms with Crippen molar-refractivity contribution in [2.24, 2.45) is 0 Å². The van der Waals surface area contributed by atoms with Crippen molar-refractivity contribution in [3.05, 3.63) is 33.9 Å². The molecule has 2 unspecified atom stereocenters. The second-order valence-corrected chi connectivity index (χ2v) is 5.78. The van der Waals surface area contributed by atoms with Gasteiger partial charge in [-0.15, -0.1) is 0 Å². The standard InChI is InChI=1S/C17H27NO3/c1-6-7-18-14(9-15(19)20)17(21)16-12(4)10(2)8-11(3)13(16)5/h8,14,17-18,21H,6-7,9H2,1-5H3,(H,19,20). The molecule has 4 nitrogen and oxygen atoms in total. The van der Waals surface area contributed by atoms with E-state index in [9.17, 15) is 9.90 Å². The molecule has 0 radical (unpaired) electrons. The van der Waals surface area contributed by atoms with Gasteiger partial charge in [0, 0.05) is 6.04 Å². The third-order valence-corrected chi connectivity index (χ3v) is 4.15. The van der Waals surface area contributed by atoms with Crippen molar-refractivity contribution in [2.75, 3.05) is 6.54 Å². The van der Waals surface area contributed by atoms with Crippen LogP contribution in [0.5, 0.6) is 0 Å². The number of benzene rings is 1. The monoisotopic (exact) mass is 293 g/mol. The summed E-state index contributed by atoms with van der Waals surface area (Å²) < 4.78 is 0. The Morgan fingerprint density at radius 1 is 1.19 bits per heavy atom. The molecule has 2 atom stereocenters. The average Bonchev–Trinajstić information content (AvgIpc) is 2.41. The SMILES string of the molecule is CCCNC(CC(=O)O)C(O)c1c(C)c(C)cc(C)c1C. The molecule has 0 saturated heterocycles. The summed E-state index contributed by atoms with van der Waals surface area (Å²) in [6, 6.07) is 1.63. The minimum absolute atomic E-state index is 0.0902. The first-order valence-electron chi connectivity index (χ1n) is 7.50. The van der Waals surface area contributed by atoms with Gasteiger partial charge in [-0.1, -0.05) is 13.0 Å². The molecule has 1 rings (SSSR count). The molecular weight excluding hydrogens is 266 g/mol. The summed E-state index contributed by atoms with van der Waals surface area (Å²) in [6.07, 6.45) is -0.00742. The number of aliphatic hydroxyl groups is 1. The number of nitrogens with one attached hydrogen (secondary N) is 1. The zero-order valence-corrected chi connectivity index (χ0v) is 13.7. The molecule has 3 N–H and O–H groups in total. The normalized spacial score (nSPS) is 14.0. The molecule has 21 heavy (non-hydrogen) atoms. The zero-order chi connectivity index (χ0) is 16.2. The van der Waals surface area contributed by atoms with Crippen LogP contribution >= 0.6 is 0 Å². The van der Waals surface area contributed by atoms with Crippen molar-refractivity contribution in [1.82, 2.24) is 5.32 Å². The van der Waals surface area contributed by atoms with Gasteiger partial charge in [0.15, 0.2) is 0 Å². The van der Waals surface area contributed by atoms with E-state index in [1.54, 1.807) is 0 Å². The second kappa shape index (κ2) is 7.57. The summed E-state index contributed by atoms with van der Waals surface area (Å²) in [7, 11) is 0. The second-order valence-electron chi connectivity index (χ2n) is 5.78. The largest absolute Gasteiger partial charge is 0.481 e. The molecule has 0 amide bonds. The van der Waals surface area contributed by atoms with Gasteiger partial charge >= 0.3 is 5.97 Å². The van der Waals surface area contributed by atoms with Crippen LogP contribution in [0.4, 0.5) is 0 Å². The van der Waals surface area contributed by atoms with Crippen molar-refractivity contribution >= 4 is 5.97 Å². The van der Waals surface area contributed by atoms with Gasteiger partial charge in [0.1, 0.15) is 0 Å². The lowest BCUT2D eigenvalue weighted by Crippen LogP contribution is -2.38. The molecule has 0 spiro atoms. The number of carboxylic acids is 1.